The molecule has 0 bridgehead atoms. The number of hydrogen-bond donors (Lipinski definition) is 1. The summed E-state index contributed by atoms with van der Waals surface area (Å²) < 4.78 is 25.4. The molecule has 0 heterocycles. The van der Waals surface area contributed by atoms with Gasteiger partial charge in [0, 0.05) is 6.07 Å². The van der Waals surface area contributed by atoms with Gasteiger partial charge in [-0.15, -0.1) is 0 Å². The molecule has 0 aliphatic rings. The number of amides is 1. The lowest BCUT2D eigenvalue weighted by Crippen LogP contribution is -2.25. The SMILES string of the molecule is NC(=O)C(Br)Cc1cc(F)cc(F)c1. The standard InChI is InChI=1S/C9H8BrF2NO/c10-8(9(13)14)3-5-1-6(11)4-7(12)2-5/h1-2,4,8H,3H2,(H2,13,14). The fourth-order valence-corrected chi connectivity index (χ4v) is 1.41. The Labute approximate surface area is 88.2 Å². The molecule has 0 radical (unpaired) electrons. The third-order valence-electron chi connectivity index (χ3n) is 1.65. The van der Waals surface area contributed by atoms with Crippen molar-refractivity contribution in [3.05, 3.63) is 35.4 Å². The van der Waals surface area contributed by atoms with Gasteiger partial charge in [0.25, 0.3) is 0 Å². The quantitative estimate of drug-likeness (QED) is 0.830. The molecule has 14 heavy (non-hydrogen) atoms. The molecule has 1 atom stereocenters. The maximum atomic E-state index is 12.7. The number of hydrogen-bond acceptors (Lipinski definition) is 1. The first-order valence-electron chi connectivity index (χ1n) is 3.87. The van der Waals surface area contributed by atoms with Crippen LogP contribution in [0.1, 0.15) is 5.56 Å². The molecule has 1 unspecified atom stereocenters. The van der Waals surface area contributed by atoms with Crippen molar-refractivity contribution in [2.75, 3.05) is 0 Å². The second-order valence-corrected chi connectivity index (χ2v) is 3.96. The number of alkyl halides is 1. The summed E-state index contributed by atoms with van der Waals surface area (Å²) in [4.78, 5) is 10.1. The van der Waals surface area contributed by atoms with E-state index in [1.165, 1.54) is 12.1 Å². The lowest BCUT2D eigenvalue weighted by atomic mass is 10.1. The van der Waals surface area contributed by atoms with Crippen LogP contribution in [-0.2, 0) is 11.2 Å². The highest BCUT2D eigenvalue weighted by Crippen LogP contribution is 2.13. The number of primary amides is 1. The first kappa shape index (κ1) is 11.1. The van der Waals surface area contributed by atoms with Gasteiger partial charge >= 0.3 is 0 Å². The molecule has 0 saturated carbocycles. The zero-order chi connectivity index (χ0) is 10.7. The summed E-state index contributed by atoms with van der Waals surface area (Å²) >= 11 is 3.01. The predicted molar refractivity (Wildman–Crippen MR) is 52.0 cm³/mol. The number of halogens is 3. The highest BCUT2D eigenvalue weighted by atomic mass is 79.9. The Morgan fingerprint density at radius 1 is 1.36 bits per heavy atom. The van der Waals surface area contributed by atoms with Gasteiger partial charge in [0.05, 0.1) is 4.83 Å². The Hall–Kier alpha value is -0.970. The molecule has 0 fully saturated rings. The molecule has 0 aliphatic carbocycles. The first-order chi connectivity index (χ1) is 6.49. The molecule has 2 N–H and O–H groups in total. The number of rotatable bonds is 3. The average Bonchev–Trinajstić information content (AvgIpc) is 2.01. The summed E-state index contributed by atoms with van der Waals surface area (Å²) in [6.07, 6.45) is 0.171. The Morgan fingerprint density at radius 2 is 1.86 bits per heavy atom. The smallest absolute Gasteiger partial charge is 0.231 e. The van der Waals surface area contributed by atoms with Crippen LogP contribution >= 0.6 is 15.9 Å². The van der Waals surface area contributed by atoms with E-state index in [0.29, 0.717) is 5.56 Å². The van der Waals surface area contributed by atoms with Crippen molar-refractivity contribution in [1.29, 1.82) is 0 Å². The summed E-state index contributed by atoms with van der Waals surface area (Å²) in [5, 5.41) is 0. The molecular weight excluding hydrogens is 256 g/mol. The van der Waals surface area contributed by atoms with E-state index in [1.807, 2.05) is 0 Å². The van der Waals surface area contributed by atoms with E-state index in [0.717, 1.165) is 6.07 Å². The van der Waals surface area contributed by atoms with Crippen molar-refractivity contribution in [2.24, 2.45) is 5.73 Å². The Balaban J connectivity index is 2.81. The minimum Gasteiger partial charge on any atom is -0.369 e. The summed E-state index contributed by atoms with van der Waals surface area (Å²) in [5.41, 5.74) is 5.38. The number of carbonyl (C=O) groups excluding carboxylic acids is 1. The third-order valence-corrected chi connectivity index (χ3v) is 2.42. The van der Waals surface area contributed by atoms with Crippen LogP contribution in [0.3, 0.4) is 0 Å². The molecular formula is C9H8BrF2NO. The molecule has 1 amide bonds. The van der Waals surface area contributed by atoms with Gasteiger partial charge in [0.2, 0.25) is 5.91 Å². The number of nitrogens with two attached hydrogens (primary N) is 1. The Bertz CT molecular complexity index is 336. The molecule has 76 valence electrons. The second kappa shape index (κ2) is 4.50. The van der Waals surface area contributed by atoms with Gasteiger partial charge in [0.1, 0.15) is 11.6 Å². The van der Waals surface area contributed by atoms with Crippen LogP contribution in [0.2, 0.25) is 0 Å². The molecule has 1 aromatic carbocycles. The van der Waals surface area contributed by atoms with Crippen LogP contribution in [0.15, 0.2) is 18.2 Å². The molecule has 1 rings (SSSR count). The zero-order valence-corrected chi connectivity index (χ0v) is 8.72. The maximum Gasteiger partial charge on any atom is 0.231 e. The minimum atomic E-state index is -0.663. The largest absolute Gasteiger partial charge is 0.369 e. The fraction of sp³-hybridized carbons (Fsp3) is 0.222. The summed E-state index contributed by atoms with van der Waals surface area (Å²) in [6.45, 7) is 0. The van der Waals surface area contributed by atoms with Gasteiger partial charge in [-0.3, -0.25) is 4.79 Å². The van der Waals surface area contributed by atoms with Crippen molar-refractivity contribution >= 4 is 21.8 Å². The van der Waals surface area contributed by atoms with E-state index < -0.39 is 22.4 Å². The second-order valence-electron chi connectivity index (χ2n) is 2.85. The van der Waals surface area contributed by atoms with E-state index >= 15 is 0 Å². The Kier molecular flexibility index (Phi) is 3.57. The van der Waals surface area contributed by atoms with Gasteiger partial charge in [-0.1, -0.05) is 15.9 Å². The lowest BCUT2D eigenvalue weighted by molar-refractivity contribution is -0.117. The lowest BCUT2D eigenvalue weighted by Gasteiger charge is -2.05. The van der Waals surface area contributed by atoms with E-state index in [1.54, 1.807) is 0 Å². The van der Waals surface area contributed by atoms with Crippen LogP contribution in [0.4, 0.5) is 8.78 Å². The van der Waals surface area contributed by atoms with Crippen LogP contribution in [-0.4, -0.2) is 10.7 Å². The summed E-state index contributed by atoms with van der Waals surface area (Å²) in [7, 11) is 0. The van der Waals surface area contributed by atoms with Gasteiger partial charge in [0.15, 0.2) is 0 Å². The van der Waals surface area contributed by atoms with Crippen LogP contribution in [0.5, 0.6) is 0 Å². The predicted octanol–water partition coefficient (Wildman–Crippen LogP) is 1.76. The third kappa shape index (κ3) is 3.06. The van der Waals surface area contributed by atoms with E-state index in [9.17, 15) is 13.6 Å². The molecule has 1 aromatic rings. The van der Waals surface area contributed by atoms with Crippen molar-refractivity contribution in [3.8, 4) is 0 Å². The number of benzene rings is 1. The highest BCUT2D eigenvalue weighted by molar-refractivity contribution is 9.10. The van der Waals surface area contributed by atoms with Crippen LogP contribution in [0, 0.1) is 11.6 Å². The van der Waals surface area contributed by atoms with Gasteiger partial charge in [-0.05, 0) is 24.1 Å². The average molecular weight is 264 g/mol. The minimum absolute atomic E-state index is 0.171. The van der Waals surface area contributed by atoms with Crippen LogP contribution in [0.25, 0.3) is 0 Å². The van der Waals surface area contributed by atoms with Crippen molar-refractivity contribution in [3.63, 3.8) is 0 Å². The van der Waals surface area contributed by atoms with Crippen molar-refractivity contribution in [1.82, 2.24) is 0 Å². The number of carbonyl (C=O) groups is 1. The highest BCUT2D eigenvalue weighted by Gasteiger charge is 2.12. The van der Waals surface area contributed by atoms with Crippen LogP contribution < -0.4 is 5.73 Å². The van der Waals surface area contributed by atoms with Crippen molar-refractivity contribution in [2.45, 2.75) is 11.2 Å². The molecule has 0 spiro atoms. The Morgan fingerprint density at radius 3 is 2.29 bits per heavy atom. The molecule has 0 aliphatic heterocycles. The normalized spacial score (nSPS) is 12.5. The van der Waals surface area contributed by atoms with E-state index in [2.05, 4.69) is 15.9 Å². The van der Waals surface area contributed by atoms with Crippen molar-refractivity contribution < 1.29 is 13.6 Å². The molecule has 2 nitrogen and oxygen atoms in total. The summed E-state index contributed by atoms with van der Waals surface area (Å²) in [5.74, 6) is -1.89. The van der Waals surface area contributed by atoms with E-state index in [4.69, 9.17) is 5.73 Å². The monoisotopic (exact) mass is 263 g/mol. The van der Waals surface area contributed by atoms with Gasteiger partial charge in [-0.25, -0.2) is 8.78 Å². The molecule has 5 heteroatoms. The zero-order valence-electron chi connectivity index (χ0n) is 7.14. The van der Waals surface area contributed by atoms with Gasteiger partial charge in [-0.2, -0.15) is 0 Å². The maximum absolute atomic E-state index is 12.7. The fourth-order valence-electron chi connectivity index (χ4n) is 1.04. The topological polar surface area (TPSA) is 43.1 Å². The summed E-state index contributed by atoms with van der Waals surface area (Å²) in [6, 6.07) is 3.11. The first-order valence-corrected chi connectivity index (χ1v) is 4.79. The molecule has 0 saturated heterocycles. The van der Waals surface area contributed by atoms with Gasteiger partial charge < -0.3 is 5.73 Å². The van der Waals surface area contributed by atoms with E-state index in [-0.39, 0.29) is 6.42 Å². The molecule has 0 aromatic heterocycles.